The van der Waals surface area contributed by atoms with Crippen LogP contribution in [-0.4, -0.2) is 28.8 Å². The van der Waals surface area contributed by atoms with Gasteiger partial charge in [0.2, 0.25) is 5.91 Å². The molecule has 5 nitrogen and oxygen atoms in total. The van der Waals surface area contributed by atoms with Crippen molar-refractivity contribution < 1.29 is 4.79 Å². The summed E-state index contributed by atoms with van der Waals surface area (Å²) in [7, 11) is 3.66. The highest BCUT2D eigenvalue weighted by molar-refractivity contribution is 5.83. The molecule has 0 spiro atoms. The molecule has 1 saturated carbocycles. The van der Waals surface area contributed by atoms with Crippen LogP contribution < -0.4 is 10.6 Å². The number of aromatic nitrogens is 2. The lowest BCUT2D eigenvalue weighted by atomic mass is 9.99. The summed E-state index contributed by atoms with van der Waals surface area (Å²) in [4.78, 5) is 12.3. The number of aryl methyl sites for hydroxylation is 1. The summed E-state index contributed by atoms with van der Waals surface area (Å²) in [6.45, 7) is 2.11. The van der Waals surface area contributed by atoms with E-state index >= 15 is 0 Å². The van der Waals surface area contributed by atoms with E-state index in [1.807, 2.05) is 13.2 Å². The Bertz CT molecular complexity index is 423. The van der Waals surface area contributed by atoms with Gasteiger partial charge in [-0.15, -0.1) is 0 Å². The number of nitrogens with zero attached hydrogens (tertiary/aromatic N) is 2. The Morgan fingerprint density at radius 2 is 2.16 bits per heavy atom. The molecule has 2 unspecified atom stereocenters. The maximum Gasteiger partial charge on any atom is 0.242 e. The van der Waals surface area contributed by atoms with E-state index in [9.17, 15) is 4.79 Å². The number of hydrogen-bond donors (Lipinski definition) is 2. The van der Waals surface area contributed by atoms with Crippen molar-refractivity contribution in [3.05, 3.63) is 18.0 Å². The Morgan fingerprint density at radius 3 is 2.68 bits per heavy atom. The summed E-state index contributed by atoms with van der Waals surface area (Å²) < 4.78 is 1.72. The average molecular weight is 264 g/mol. The molecule has 0 aromatic carbocycles. The first-order valence-corrected chi connectivity index (χ1v) is 7.08. The standard InChI is InChI=1S/C14H24N4O/c1-10(11-6-4-5-7-11)17-14(19)13(15-2)12-8-16-18(3)9-12/h8-11,13,15H,4-7H2,1-3H3,(H,17,19). The summed E-state index contributed by atoms with van der Waals surface area (Å²) in [5, 5.41) is 10.3. The highest BCUT2D eigenvalue weighted by Crippen LogP contribution is 2.27. The molecule has 5 heteroatoms. The van der Waals surface area contributed by atoms with Crippen molar-refractivity contribution in [2.75, 3.05) is 7.05 Å². The monoisotopic (exact) mass is 264 g/mol. The van der Waals surface area contributed by atoms with Crippen LogP contribution in [0.25, 0.3) is 0 Å². The van der Waals surface area contributed by atoms with Crippen LogP contribution in [0.3, 0.4) is 0 Å². The topological polar surface area (TPSA) is 59.0 Å². The second kappa shape index (κ2) is 6.19. The molecule has 1 amide bonds. The number of nitrogens with one attached hydrogen (secondary N) is 2. The normalized spacial score (nSPS) is 19.3. The fraction of sp³-hybridized carbons (Fsp3) is 0.714. The minimum absolute atomic E-state index is 0.0369. The quantitative estimate of drug-likeness (QED) is 0.844. The zero-order valence-electron chi connectivity index (χ0n) is 12.0. The first kappa shape index (κ1) is 14.1. The summed E-state index contributed by atoms with van der Waals surface area (Å²) >= 11 is 0. The lowest BCUT2D eigenvalue weighted by molar-refractivity contribution is -0.124. The van der Waals surface area contributed by atoms with Gasteiger partial charge in [0.05, 0.1) is 6.20 Å². The van der Waals surface area contributed by atoms with Gasteiger partial charge < -0.3 is 10.6 Å². The predicted molar refractivity (Wildman–Crippen MR) is 74.6 cm³/mol. The summed E-state index contributed by atoms with van der Waals surface area (Å²) in [5.74, 6) is 0.672. The summed E-state index contributed by atoms with van der Waals surface area (Å²) in [6.07, 6.45) is 8.67. The maximum absolute atomic E-state index is 12.3. The van der Waals surface area contributed by atoms with Gasteiger partial charge in [-0.2, -0.15) is 5.10 Å². The van der Waals surface area contributed by atoms with Crippen molar-refractivity contribution in [1.82, 2.24) is 20.4 Å². The third-order valence-corrected chi connectivity index (χ3v) is 4.09. The van der Waals surface area contributed by atoms with E-state index in [4.69, 9.17) is 0 Å². The number of amides is 1. The number of carbonyl (C=O) groups excluding carboxylic acids is 1. The Morgan fingerprint density at radius 1 is 1.47 bits per heavy atom. The Hall–Kier alpha value is -1.36. The van der Waals surface area contributed by atoms with Crippen LogP contribution in [0, 0.1) is 5.92 Å². The van der Waals surface area contributed by atoms with Crippen molar-refractivity contribution in [2.45, 2.75) is 44.7 Å². The molecule has 0 radical (unpaired) electrons. The van der Waals surface area contributed by atoms with Crippen molar-refractivity contribution in [2.24, 2.45) is 13.0 Å². The van der Waals surface area contributed by atoms with Crippen LogP contribution in [0.5, 0.6) is 0 Å². The highest BCUT2D eigenvalue weighted by Gasteiger charge is 2.26. The molecule has 106 valence electrons. The zero-order valence-corrected chi connectivity index (χ0v) is 12.0. The fourth-order valence-electron chi connectivity index (χ4n) is 2.92. The molecule has 0 saturated heterocycles. The molecule has 1 fully saturated rings. The minimum Gasteiger partial charge on any atom is -0.352 e. The van der Waals surface area contributed by atoms with E-state index in [1.165, 1.54) is 25.7 Å². The van der Waals surface area contributed by atoms with Crippen LogP contribution >= 0.6 is 0 Å². The molecule has 2 rings (SSSR count). The number of rotatable bonds is 5. The van der Waals surface area contributed by atoms with Crippen molar-refractivity contribution in [3.8, 4) is 0 Å². The Labute approximate surface area is 114 Å². The van der Waals surface area contributed by atoms with Crippen LogP contribution in [0.2, 0.25) is 0 Å². The first-order chi connectivity index (χ1) is 9.11. The van der Waals surface area contributed by atoms with Gasteiger partial charge in [-0.25, -0.2) is 0 Å². The summed E-state index contributed by atoms with van der Waals surface area (Å²) in [5.41, 5.74) is 0.904. The molecule has 0 bridgehead atoms. The molecule has 0 aliphatic heterocycles. The van der Waals surface area contributed by atoms with Gasteiger partial charge in [-0.1, -0.05) is 12.8 Å². The van der Waals surface area contributed by atoms with E-state index < -0.39 is 0 Å². The third-order valence-electron chi connectivity index (χ3n) is 4.09. The van der Waals surface area contributed by atoms with Crippen LogP contribution in [0.4, 0.5) is 0 Å². The van der Waals surface area contributed by atoms with Crippen LogP contribution in [-0.2, 0) is 11.8 Å². The highest BCUT2D eigenvalue weighted by atomic mass is 16.2. The molecular formula is C14H24N4O. The van der Waals surface area contributed by atoms with Gasteiger partial charge in [-0.3, -0.25) is 9.48 Å². The van der Waals surface area contributed by atoms with Gasteiger partial charge in [0, 0.05) is 24.8 Å². The van der Waals surface area contributed by atoms with Crippen LogP contribution in [0.15, 0.2) is 12.4 Å². The number of hydrogen-bond acceptors (Lipinski definition) is 3. The second-order valence-corrected chi connectivity index (χ2v) is 5.51. The van der Waals surface area contributed by atoms with E-state index in [0.29, 0.717) is 5.92 Å². The second-order valence-electron chi connectivity index (χ2n) is 5.51. The van der Waals surface area contributed by atoms with Gasteiger partial charge in [0.25, 0.3) is 0 Å². The average Bonchev–Trinajstić information content (AvgIpc) is 3.01. The van der Waals surface area contributed by atoms with E-state index in [2.05, 4.69) is 22.7 Å². The first-order valence-electron chi connectivity index (χ1n) is 7.08. The molecule has 1 heterocycles. The molecule has 2 N–H and O–H groups in total. The Balaban J connectivity index is 1.96. The maximum atomic E-state index is 12.3. The lowest BCUT2D eigenvalue weighted by Gasteiger charge is -2.23. The molecule has 19 heavy (non-hydrogen) atoms. The molecular weight excluding hydrogens is 240 g/mol. The predicted octanol–water partition coefficient (Wildman–Crippen LogP) is 1.38. The van der Waals surface area contributed by atoms with Gasteiger partial charge in [0.1, 0.15) is 6.04 Å². The van der Waals surface area contributed by atoms with Crippen molar-refractivity contribution in [1.29, 1.82) is 0 Å². The van der Waals surface area contributed by atoms with Gasteiger partial charge >= 0.3 is 0 Å². The molecule has 1 aromatic rings. The smallest absolute Gasteiger partial charge is 0.242 e. The molecule has 1 aliphatic rings. The van der Waals surface area contributed by atoms with Gasteiger partial charge in [-0.05, 0) is 32.7 Å². The minimum atomic E-state index is -0.322. The fourth-order valence-corrected chi connectivity index (χ4v) is 2.92. The van der Waals surface area contributed by atoms with E-state index in [1.54, 1.807) is 17.9 Å². The SMILES string of the molecule is CNC(C(=O)NC(C)C1CCCC1)c1cnn(C)c1. The Kier molecular flexibility index (Phi) is 4.58. The van der Waals surface area contributed by atoms with Gasteiger partial charge in [0.15, 0.2) is 0 Å². The van der Waals surface area contributed by atoms with E-state index in [-0.39, 0.29) is 18.0 Å². The molecule has 2 atom stereocenters. The number of carbonyl (C=O) groups is 1. The number of likely N-dealkylation sites (N-methyl/N-ethyl adjacent to an activating group) is 1. The van der Waals surface area contributed by atoms with Crippen molar-refractivity contribution >= 4 is 5.91 Å². The molecule has 1 aromatic heterocycles. The van der Waals surface area contributed by atoms with Crippen LogP contribution in [0.1, 0.15) is 44.2 Å². The van der Waals surface area contributed by atoms with E-state index in [0.717, 1.165) is 5.56 Å². The zero-order chi connectivity index (χ0) is 13.8. The third kappa shape index (κ3) is 3.35. The summed E-state index contributed by atoms with van der Waals surface area (Å²) in [6, 6.07) is -0.0694. The largest absolute Gasteiger partial charge is 0.352 e. The lowest BCUT2D eigenvalue weighted by Crippen LogP contribution is -2.43. The van der Waals surface area contributed by atoms with Crippen molar-refractivity contribution in [3.63, 3.8) is 0 Å². The molecule has 1 aliphatic carbocycles.